The summed E-state index contributed by atoms with van der Waals surface area (Å²) in [4.78, 5) is 18.9. The number of carbonyl (C=O) groups is 1. The van der Waals surface area contributed by atoms with Crippen molar-refractivity contribution in [2.45, 2.75) is 26.6 Å². The van der Waals surface area contributed by atoms with Crippen molar-refractivity contribution in [3.63, 3.8) is 0 Å². The maximum absolute atomic E-state index is 12.6. The summed E-state index contributed by atoms with van der Waals surface area (Å²) in [5, 5.41) is 3.00. The van der Waals surface area contributed by atoms with Gasteiger partial charge in [-0.1, -0.05) is 36.4 Å². The van der Waals surface area contributed by atoms with Crippen molar-refractivity contribution in [2.75, 3.05) is 31.9 Å². The highest BCUT2D eigenvalue weighted by Gasteiger charge is 2.25. The molecule has 1 saturated heterocycles. The van der Waals surface area contributed by atoms with Gasteiger partial charge in [0.15, 0.2) is 0 Å². The molecule has 1 amide bonds. The van der Waals surface area contributed by atoms with Gasteiger partial charge in [-0.2, -0.15) is 4.31 Å². The fourth-order valence-electron chi connectivity index (χ4n) is 4.08. The van der Waals surface area contributed by atoms with E-state index in [0.29, 0.717) is 38.3 Å². The Balaban J connectivity index is 1.26. The average molecular weight is 482 g/mol. The molecule has 1 aromatic heterocycles. The SMILES string of the molecule is CCS(=O)(=O)N1CCN(Cc2ccc(C(=O)NCc3cccc(Cn4ccnc4)c3)cc2)CC1. The first kappa shape index (κ1) is 24.1. The number of hydrogen-bond donors (Lipinski definition) is 1. The third-order valence-electron chi connectivity index (χ3n) is 6.08. The topological polar surface area (TPSA) is 87.5 Å². The predicted octanol–water partition coefficient (Wildman–Crippen LogP) is 2.33. The lowest BCUT2D eigenvalue weighted by atomic mass is 10.1. The van der Waals surface area contributed by atoms with Gasteiger partial charge in [0.2, 0.25) is 10.0 Å². The molecule has 1 N–H and O–H groups in total. The number of aromatic nitrogens is 2. The Morgan fingerprint density at radius 3 is 2.38 bits per heavy atom. The first-order chi connectivity index (χ1) is 16.4. The number of hydrogen-bond acceptors (Lipinski definition) is 5. The monoisotopic (exact) mass is 481 g/mol. The lowest BCUT2D eigenvalue weighted by molar-refractivity contribution is 0.0951. The summed E-state index contributed by atoms with van der Waals surface area (Å²) in [6, 6.07) is 15.8. The second kappa shape index (κ2) is 10.9. The fourth-order valence-corrected chi connectivity index (χ4v) is 5.17. The van der Waals surface area contributed by atoms with E-state index in [1.54, 1.807) is 23.8 Å². The molecule has 4 rings (SSSR count). The molecular formula is C25H31N5O3S. The number of sulfonamides is 1. The molecule has 0 saturated carbocycles. The molecule has 1 fully saturated rings. The van der Waals surface area contributed by atoms with Crippen LogP contribution in [0, 0.1) is 0 Å². The quantitative estimate of drug-likeness (QED) is 0.507. The summed E-state index contributed by atoms with van der Waals surface area (Å²) in [5.74, 6) is 0.0398. The van der Waals surface area contributed by atoms with Crippen molar-refractivity contribution in [1.29, 1.82) is 0 Å². The highest BCUT2D eigenvalue weighted by atomic mass is 32.2. The summed E-state index contributed by atoms with van der Waals surface area (Å²) in [5.41, 5.74) is 3.93. The van der Waals surface area contributed by atoms with Crippen molar-refractivity contribution in [3.8, 4) is 0 Å². The fraction of sp³-hybridized carbons (Fsp3) is 0.360. The third-order valence-corrected chi connectivity index (χ3v) is 7.96. The Morgan fingerprint density at radius 2 is 1.71 bits per heavy atom. The van der Waals surface area contributed by atoms with Crippen LogP contribution in [0.4, 0.5) is 0 Å². The number of rotatable bonds is 9. The van der Waals surface area contributed by atoms with E-state index in [2.05, 4.69) is 27.3 Å². The molecule has 34 heavy (non-hydrogen) atoms. The molecule has 3 aromatic rings. The molecule has 0 aliphatic carbocycles. The van der Waals surface area contributed by atoms with Crippen molar-refractivity contribution >= 4 is 15.9 Å². The van der Waals surface area contributed by atoms with Crippen LogP contribution in [0.15, 0.2) is 67.3 Å². The molecule has 8 nitrogen and oxygen atoms in total. The van der Waals surface area contributed by atoms with Crippen LogP contribution in [0.3, 0.4) is 0 Å². The van der Waals surface area contributed by atoms with Crippen LogP contribution in [-0.4, -0.2) is 65.0 Å². The minimum atomic E-state index is -3.11. The maximum atomic E-state index is 12.6. The van der Waals surface area contributed by atoms with Gasteiger partial charge in [-0.05, 0) is 35.7 Å². The Morgan fingerprint density at radius 1 is 0.971 bits per heavy atom. The van der Waals surface area contributed by atoms with E-state index in [-0.39, 0.29) is 11.7 Å². The first-order valence-electron chi connectivity index (χ1n) is 11.5. The molecule has 0 spiro atoms. The van der Waals surface area contributed by atoms with E-state index in [9.17, 15) is 13.2 Å². The van der Waals surface area contributed by atoms with Crippen LogP contribution >= 0.6 is 0 Å². The second-order valence-electron chi connectivity index (χ2n) is 8.51. The lowest BCUT2D eigenvalue weighted by Crippen LogP contribution is -2.48. The Labute approximate surface area is 201 Å². The smallest absolute Gasteiger partial charge is 0.251 e. The van der Waals surface area contributed by atoms with E-state index < -0.39 is 10.0 Å². The number of piperazine rings is 1. The van der Waals surface area contributed by atoms with Crippen molar-refractivity contribution in [1.82, 2.24) is 24.1 Å². The number of imidazole rings is 1. The van der Waals surface area contributed by atoms with Crippen LogP contribution in [0.1, 0.15) is 34.0 Å². The van der Waals surface area contributed by atoms with Gasteiger partial charge < -0.3 is 9.88 Å². The summed E-state index contributed by atoms with van der Waals surface area (Å²) in [7, 11) is -3.11. The number of nitrogens with one attached hydrogen (secondary N) is 1. The Hall–Kier alpha value is -3.01. The molecule has 0 bridgehead atoms. The van der Waals surface area contributed by atoms with Gasteiger partial charge in [-0.25, -0.2) is 13.4 Å². The van der Waals surface area contributed by atoms with Crippen LogP contribution < -0.4 is 5.32 Å². The molecule has 0 unspecified atom stereocenters. The summed E-state index contributed by atoms with van der Waals surface area (Å²) < 4.78 is 27.6. The molecule has 9 heteroatoms. The van der Waals surface area contributed by atoms with Gasteiger partial charge in [0.25, 0.3) is 5.91 Å². The standard InChI is InChI=1S/C25H31N5O3S/c1-2-34(32,33)30-14-12-28(13-15-30)18-21-6-8-24(9-7-21)25(31)27-17-22-4-3-5-23(16-22)19-29-11-10-26-20-29/h3-11,16,20H,2,12-15,17-19H2,1H3,(H,27,31). The molecule has 2 heterocycles. The van der Waals surface area contributed by atoms with E-state index in [4.69, 9.17) is 0 Å². The van der Waals surface area contributed by atoms with Gasteiger partial charge in [0.05, 0.1) is 12.1 Å². The van der Waals surface area contributed by atoms with E-state index in [1.165, 1.54) is 0 Å². The lowest BCUT2D eigenvalue weighted by Gasteiger charge is -2.33. The van der Waals surface area contributed by atoms with E-state index in [1.807, 2.05) is 47.2 Å². The van der Waals surface area contributed by atoms with Crippen molar-refractivity contribution in [2.24, 2.45) is 0 Å². The zero-order valence-corrected chi connectivity index (χ0v) is 20.2. The summed E-state index contributed by atoms with van der Waals surface area (Å²) in [6.07, 6.45) is 5.47. The Kier molecular flexibility index (Phi) is 7.77. The summed E-state index contributed by atoms with van der Waals surface area (Å²) in [6.45, 7) is 6.10. The average Bonchev–Trinajstić information content (AvgIpc) is 3.37. The van der Waals surface area contributed by atoms with Crippen molar-refractivity contribution < 1.29 is 13.2 Å². The third kappa shape index (κ3) is 6.31. The van der Waals surface area contributed by atoms with E-state index >= 15 is 0 Å². The molecule has 1 aliphatic heterocycles. The van der Waals surface area contributed by atoms with Crippen molar-refractivity contribution in [3.05, 3.63) is 89.5 Å². The largest absolute Gasteiger partial charge is 0.348 e. The number of nitrogens with zero attached hydrogens (tertiary/aromatic N) is 4. The van der Waals surface area contributed by atoms with Gasteiger partial charge in [0, 0.05) is 63.8 Å². The van der Waals surface area contributed by atoms with E-state index in [0.717, 1.165) is 29.8 Å². The highest BCUT2D eigenvalue weighted by molar-refractivity contribution is 7.89. The van der Waals surface area contributed by atoms with Gasteiger partial charge >= 0.3 is 0 Å². The molecule has 0 radical (unpaired) electrons. The zero-order chi connectivity index (χ0) is 24.0. The first-order valence-corrected chi connectivity index (χ1v) is 13.1. The Bertz CT molecular complexity index is 1190. The minimum Gasteiger partial charge on any atom is -0.348 e. The maximum Gasteiger partial charge on any atom is 0.251 e. The van der Waals surface area contributed by atoms with Crippen LogP contribution in [0.25, 0.3) is 0 Å². The normalized spacial score (nSPS) is 15.3. The van der Waals surface area contributed by atoms with Crippen LogP contribution in [0.2, 0.25) is 0 Å². The molecule has 1 aliphatic rings. The number of amides is 1. The number of carbonyl (C=O) groups excluding carboxylic acids is 1. The second-order valence-corrected chi connectivity index (χ2v) is 10.8. The van der Waals surface area contributed by atoms with Gasteiger partial charge in [-0.3, -0.25) is 9.69 Å². The summed E-state index contributed by atoms with van der Waals surface area (Å²) >= 11 is 0. The number of benzene rings is 2. The van der Waals surface area contributed by atoms with Gasteiger partial charge in [-0.15, -0.1) is 0 Å². The molecule has 2 aromatic carbocycles. The van der Waals surface area contributed by atoms with Crippen LogP contribution in [-0.2, 0) is 29.7 Å². The van der Waals surface area contributed by atoms with Crippen LogP contribution in [0.5, 0.6) is 0 Å². The van der Waals surface area contributed by atoms with Gasteiger partial charge in [0.1, 0.15) is 0 Å². The molecular weight excluding hydrogens is 450 g/mol. The molecule has 180 valence electrons. The highest BCUT2D eigenvalue weighted by Crippen LogP contribution is 2.13. The zero-order valence-electron chi connectivity index (χ0n) is 19.4. The minimum absolute atomic E-state index is 0.107. The molecule has 0 atom stereocenters. The predicted molar refractivity (Wildman–Crippen MR) is 132 cm³/mol.